The van der Waals surface area contributed by atoms with E-state index < -0.39 is 12.0 Å². The number of hydrogen-bond donors (Lipinski definition) is 1. The first-order valence-electron chi connectivity index (χ1n) is 9.75. The molecule has 0 spiro atoms. The second-order valence-electron chi connectivity index (χ2n) is 7.19. The zero-order valence-corrected chi connectivity index (χ0v) is 17.2. The third-order valence-electron chi connectivity index (χ3n) is 5.17. The monoisotopic (exact) mass is 408 g/mol. The van der Waals surface area contributed by atoms with Crippen LogP contribution in [0, 0.1) is 28.6 Å². The van der Waals surface area contributed by atoms with Crippen LogP contribution < -0.4 is 5.32 Å². The molecule has 152 valence electrons. The first-order valence-corrected chi connectivity index (χ1v) is 9.75. The maximum Gasteiger partial charge on any atom is 0.251 e. The van der Waals surface area contributed by atoms with E-state index in [4.69, 9.17) is 5.26 Å². The van der Waals surface area contributed by atoms with Gasteiger partial charge in [0, 0.05) is 34.8 Å². The third-order valence-corrected chi connectivity index (χ3v) is 5.17. The van der Waals surface area contributed by atoms with Crippen LogP contribution in [0.2, 0.25) is 0 Å². The maximum absolute atomic E-state index is 12.7. The minimum Gasteiger partial charge on any atom is -0.349 e. The molecular formula is C25H20N4O2. The van der Waals surface area contributed by atoms with Gasteiger partial charge < -0.3 is 5.32 Å². The van der Waals surface area contributed by atoms with E-state index in [-0.39, 0.29) is 11.7 Å². The summed E-state index contributed by atoms with van der Waals surface area (Å²) >= 11 is 0. The minimum absolute atomic E-state index is 0.105. The van der Waals surface area contributed by atoms with Gasteiger partial charge in [-0.2, -0.15) is 10.5 Å². The van der Waals surface area contributed by atoms with Crippen molar-refractivity contribution in [3.8, 4) is 23.4 Å². The van der Waals surface area contributed by atoms with Crippen LogP contribution >= 0.6 is 0 Å². The number of aromatic nitrogens is 1. The first kappa shape index (κ1) is 21.4. The molecule has 0 saturated heterocycles. The molecule has 2 atom stereocenters. The normalized spacial score (nSPS) is 12.1. The zero-order chi connectivity index (χ0) is 22.4. The number of carbonyl (C=O) groups is 2. The molecule has 1 N–H and O–H groups in total. The Bertz CT molecular complexity index is 1190. The number of nitrogens with zero attached hydrogens (tertiary/aromatic N) is 3. The SMILES string of the molecule is CC(NC(=O)c1ccc(-c2ncccc2C#N)cc1)C(C)C(=O)c1ccc(C#N)cc1. The van der Waals surface area contributed by atoms with Gasteiger partial charge in [-0.15, -0.1) is 0 Å². The van der Waals surface area contributed by atoms with Crippen LogP contribution in [0.3, 0.4) is 0 Å². The zero-order valence-electron chi connectivity index (χ0n) is 17.2. The van der Waals surface area contributed by atoms with E-state index in [0.29, 0.717) is 27.9 Å². The van der Waals surface area contributed by atoms with E-state index in [2.05, 4.69) is 16.4 Å². The summed E-state index contributed by atoms with van der Waals surface area (Å²) in [6.45, 7) is 3.55. The van der Waals surface area contributed by atoms with Crippen LogP contribution in [0.15, 0.2) is 66.9 Å². The predicted octanol–water partition coefficient (Wildman–Crippen LogP) is 4.13. The van der Waals surface area contributed by atoms with Gasteiger partial charge in [0.2, 0.25) is 0 Å². The highest BCUT2D eigenvalue weighted by molar-refractivity contribution is 5.99. The number of carbonyl (C=O) groups excluding carboxylic acids is 2. The summed E-state index contributed by atoms with van der Waals surface area (Å²) in [7, 11) is 0. The summed E-state index contributed by atoms with van der Waals surface area (Å²) in [4.78, 5) is 29.6. The van der Waals surface area contributed by atoms with E-state index in [1.807, 2.05) is 6.07 Å². The molecule has 0 fully saturated rings. The summed E-state index contributed by atoms with van der Waals surface area (Å²) in [6, 6.07) is 20.4. The van der Waals surface area contributed by atoms with Crippen molar-refractivity contribution in [2.24, 2.45) is 5.92 Å². The number of benzene rings is 2. The molecule has 0 aliphatic carbocycles. The van der Waals surface area contributed by atoms with Gasteiger partial charge in [-0.25, -0.2) is 0 Å². The summed E-state index contributed by atoms with van der Waals surface area (Å²) < 4.78 is 0. The molecule has 0 saturated carbocycles. The molecule has 31 heavy (non-hydrogen) atoms. The van der Waals surface area contributed by atoms with Crippen molar-refractivity contribution in [2.75, 3.05) is 0 Å². The number of hydrogen-bond acceptors (Lipinski definition) is 5. The molecular weight excluding hydrogens is 388 g/mol. The third kappa shape index (κ3) is 4.83. The molecule has 2 aromatic carbocycles. The lowest BCUT2D eigenvalue weighted by Crippen LogP contribution is -2.40. The molecule has 0 radical (unpaired) electrons. The summed E-state index contributed by atoms with van der Waals surface area (Å²) in [5.74, 6) is -0.838. The van der Waals surface area contributed by atoms with Crippen LogP contribution in [-0.2, 0) is 0 Å². The van der Waals surface area contributed by atoms with Crippen molar-refractivity contribution in [1.82, 2.24) is 10.3 Å². The lowest BCUT2D eigenvalue weighted by molar-refractivity contribution is 0.0868. The number of pyridine rings is 1. The Balaban J connectivity index is 1.68. The Hall–Kier alpha value is -4.29. The Kier molecular flexibility index (Phi) is 6.54. The Labute approximate surface area is 180 Å². The molecule has 1 aromatic heterocycles. The number of amides is 1. The van der Waals surface area contributed by atoms with Crippen LogP contribution in [0.5, 0.6) is 0 Å². The molecule has 0 aliphatic rings. The van der Waals surface area contributed by atoms with Crippen LogP contribution in [0.25, 0.3) is 11.3 Å². The lowest BCUT2D eigenvalue weighted by Gasteiger charge is -2.20. The van der Waals surface area contributed by atoms with Crippen molar-refractivity contribution in [1.29, 1.82) is 10.5 Å². The Morgan fingerprint density at radius 3 is 2.16 bits per heavy atom. The number of nitrogens with one attached hydrogen (secondary N) is 1. The van der Waals surface area contributed by atoms with Crippen molar-refractivity contribution in [3.05, 3.63) is 89.1 Å². The van der Waals surface area contributed by atoms with Crippen LogP contribution in [-0.4, -0.2) is 22.7 Å². The van der Waals surface area contributed by atoms with Gasteiger partial charge in [0.1, 0.15) is 6.07 Å². The van der Waals surface area contributed by atoms with E-state index in [0.717, 1.165) is 5.56 Å². The first-order chi connectivity index (χ1) is 14.9. The van der Waals surface area contributed by atoms with Crippen molar-refractivity contribution in [3.63, 3.8) is 0 Å². The van der Waals surface area contributed by atoms with Gasteiger partial charge in [0.15, 0.2) is 5.78 Å². The predicted molar refractivity (Wildman–Crippen MR) is 116 cm³/mol. The van der Waals surface area contributed by atoms with Gasteiger partial charge in [0.25, 0.3) is 5.91 Å². The molecule has 1 amide bonds. The molecule has 0 aliphatic heterocycles. The van der Waals surface area contributed by atoms with Gasteiger partial charge in [-0.1, -0.05) is 31.2 Å². The molecule has 3 rings (SSSR count). The van der Waals surface area contributed by atoms with E-state index in [9.17, 15) is 14.9 Å². The fourth-order valence-corrected chi connectivity index (χ4v) is 3.12. The largest absolute Gasteiger partial charge is 0.349 e. The van der Waals surface area contributed by atoms with Gasteiger partial charge in [0.05, 0.1) is 22.9 Å². The molecule has 1 heterocycles. The van der Waals surface area contributed by atoms with Crippen molar-refractivity contribution < 1.29 is 9.59 Å². The fraction of sp³-hybridized carbons (Fsp3) is 0.160. The lowest BCUT2D eigenvalue weighted by atomic mass is 9.92. The molecule has 2 unspecified atom stereocenters. The minimum atomic E-state index is -0.442. The van der Waals surface area contributed by atoms with Gasteiger partial charge >= 0.3 is 0 Å². The average Bonchev–Trinajstić information content (AvgIpc) is 2.83. The summed E-state index contributed by atoms with van der Waals surface area (Å²) in [5.41, 5.74) is 3.20. The highest BCUT2D eigenvalue weighted by Gasteiger charge is 2.23. The quantitative estimate of drug-likeness (QED) is 0.617. The standard InChI is InChI=1S/C25H20N4O2/c1-16(24(30)20-7-5-18(14-26)6-8-20)17(2)29-25(31)21-11-9-19(10-12-21)23-22(15-27)4-3-13-28-23/h3-13,16-17H,1-2H3,(H,29,31). The van der Waals surface area contributed by atoms with E-state index in [1.165, 1.54) is 0 Å². The maximum atomic E-state index is 12.7. The Morgan fingerprint density at radius 2 is 1.55 bits per heavy atom. The smallest absolute Gasteiger partial charge is 0.251 e. The van der Waals surface area contributed by atoms with Gasteiger partial charge in [-0.05, 0) is 43.3 Å². The number of Topliss-reactive ketones (excluding diaryl/α,β-unsaturated/α-hetero) is 1. The molecule has 6 heteroatoms. The van der Waals surface area contributed by atoms with Gasteiger partial charge in [-0.3, -0.25) is 14.6 Å². The second-order valence-corrected chi connectivity index (χ2v) is 7.19. The topological polar surface area (TPSA) is 107 Å². The number of ketones is 1. The fourth-order valence-electron chi connectivity index (χ4n) is 3.12. The average molecular weight is 408 g/mol. The highest BCUT2D eigenvalue weighted by Crippen LogP contribution is 2.21. The van der Waals surface area contributed by atoms with E-state index in [1.54, 1.807) is 80.7 Å². The molecule has 6 nitrogen and oxygen atoms in total. The van der Waals surface area contributed by atoms with Crippen LogP contribution in [0.1, 0.15) is 45.7 Å². The number of nitriles is 2. The Morgan fingerprint density at radius 1 is 0.903 bits per heavy atom. The second kappa shape index (κ2) is 9.47. The van der Waals surface area contributed by atoms with Crippen LogP contribution in [0.4, 0.5) is 0 Å². The molecule has 3 aromatic rings. The number of rotatable bonds is 6. The van der Waals surface area contributed by atoms with Crippen molar-refractivity contribution in [2.45, 2.75) is 19.9 Å². The highest BCUT2D eigenvalue weighted by atomic mass is 16.2. The van der Waals surface area contributed by atoms with Crippen molar-refractivity contribution >= 4 is 11.7 Å². The summed E-state index contributed by atoms with van der Waals surface area (Å²) in [6.07, 6.45) is 1.62. The molecule has 0 bridgehead atoms. The summed E-state index contributed by atoms with van der Waals surface area (Å²) in [5, 5.41) is 21.0. The van der Waals surface area contributed by atoms with E-state index >= 15 is 0 Å².